The molecular formula is C57H39N3O. The van der Waals surface area contributed by atoms with E-state index < -0.39 is 0 Å². The number of hydrogen-bond acceptors (Lipinski definition) is 3. The maximum absolute atomic E-state index is 6.99. The quantitative estimate of drug-likeness (QED) is 0.171. The first-order chi connectivity index (χ1) is 30.1. The summed E-state index contributed by atoms with van der Waals surface area (Å²) in [7, 11) is 0. The second-order valence-corrected chi connectivity index (χ2v) is 16.2. The van der Waals surface area contributed by atoms with Gasteiger partial charge < -0.3 is 8.98 Å². The standard InChI is InChI=1S/C57H39N3O/c1-36-23-31-49(44-29-26-38-15-5-6-16-41(38)33-44)58-57(59-55(36)40-27-24-39(25-28-40)37-13-3-2-4-14-37)47-30-32-51(56-54(47)46-20-10-12-22-53(46)61-56)60-50-21-11-9-19-45(50)48-34-42-17-7-8-18-43(42)35-52(48)60/h2-22,24-36H,23H2,1H3/b49-31+,58-57?,59-55?. The third kappa shape index (κ3) is 5.90. The summed E-state index contributed by atoms with van der Waals surface area (Å²) >= 11 is 0. The minimum atomic E-state index is 0.117. The summed E-state index contributed by atoms with van der Waals surface area (Å²) in [4.78, 5) is 11.2. The summed E-state index contributed by atoms with van der Waals surface area (Å²) in [5.74, 6) is 0.774. The molecule has 2 aromatic heterocycles. The Hall–Kier alpha value is -7.82. The van der Waals surface area contributed by atoms with E-state index >= 15 is 0 Å². The molecule has 4 nitrogen and oxygen atoms in total. The van der Waals surface area contributed by atoms with E-state index in [1.807, 2.05) is 6.07 Å². The van der Waals surface area contributed by atoms with E-state index in [0.29, 0.717) is 5.84 Å². The van der Waals surface area contributed by atoms with Gasteiger partial charge in [0.15, 0.2) is 11.4 Å². The van der Waals surface area contributed by atoms with Crippen molar-refractivity contribution in [1.29, 1.82) is 0 Å². The van der Waals surface area contributed by atoms with Crippen molar-refractivity contribution in [3.8, 4) is 16.8 Å². The smallest absolute Gasteiger partial charge is 0.160 e. The van der Waals surface area contributed by atoms with Crippen LogP contribution in [0.15, 0.2) is 215 Å². The lowest BCUT2D eigenvalue weighted by Crippen LogP contribution is -2.17. The van der Waals surface area contributed by atoms with Crippen molar-refractivity contribution in [3.05, 3.63) is 217 Å². The first-order valence-electron chi connectivity index (χ1n) is 21.0. The Morgan fingerprint density at radius 3 is 1.95 bits per heavy atom. The van der Waals surface area contributed by atoms with Gasteiger partial charge in [0.05, 0.1) is 28.1 Å². The van der Waals surface area contributed by atoms with Crippen LogP contribution in [0.5, 0.6) is 0 Å². The minimum absolute atomic E-state index is 0.117. The fraction of sp³-hybridized carbons (Fsp3) is 0.0526. The molecule has 0 N–H and O–H groups in total. The lowest BCUT2D eigenvalue weighted by Gasteiger charge is -2.19. The maximum Gasteiger partial charge on any atom is 0.160 e. The number of para-hydroxylation sites is 2. The predicted octanol–water partition coefficient (Wildman–Crippen LogP) is 15.0. The summed E-state index contributed by atoms with van der Waals surface area (Å²) in [6, 6.07) is 69.2. The van der Waals surface area contributed by atoms with Gasteiger partial charge in [0.2, 0.25) is 0 Å². The molecule has 1 atom stereocenters. The zero-order valence-electron chi connectivity index (χ0n) is 33.6. The Morgan fingerprint density at radius 2 is 1.13 bits per heavy atom. The summed E-state index contributed by atoms with van der Waals surface area (Å²) in [6.07, 6.45) is 3.09. The Balaban J connectivity index is 1.11. The van der Waals surface area contributed by atoms with E-state index in [9.17, 15) is 0 Å². The van der Waals surface area contributed by atoms with Crippen molar-refractivity contribution in [2.45, 2.75) is 13.3 Å². The molecule has 0 radical (unpaired) electrons. The topological polar surface area (TPSA) is 42.8 Å². The third-order valence-corrected chi connectivity index (χ3v) is 12.4. The molecule has 0 saturated carbocycles. The fourth-order valence-corrected chi connectivity index (χ4v) is 9.37. The third-order valence-electron chi connectivity index (χ3n) is 12.4. The molecule has 1 aliphatic rings. The van der Waals surface area contributed by atoms with Gasteiger partial charge in [0.1, 0.15) is 5.58 Å². The molecule has 0 fully saturated rings. The highest BCUT2D eigenvalue weighted by Gasteiger charge is 2.25. The largest absolute Gasteiger partial charge is 0.454 e. The van der Waals surface area contributed by atoms with Crippen molar-refractivity contribution >= 4 is 82.5 Å². The minimum Gasteiger partial charge on any atom is -0.454 e. The molecule has 0 aliphatic carbocycles. The first-order valence-corrected chi connectivity index (χ1v) is 21.0. The second kappa shape index (κ2) is 14.2. The Bertz CT molecular complexity index is 3620. The van der Waals surface area contributed by atoms with E-state index in [2.05, 4.69) is 206 Å². The highest BCUT2D eigenvalue weighted by Crippen LogP contribution is 2.41. The summed E-state index contributed by atoms with van der Waals surface area (Å²) in [5.41, 5.74) is 12.2. The van der Waals surface area contributed by atoms with Crippen molar-refractivity contribution in [3.63, 3.8) is 0 Å². The second-order valence-electron chi connectivity index (χ2n) is 16.2. The number of nitrogens with zero attached hydrogens (tertiary/aromatic N) is 3. The van der Waals surface area contributed by atoms with Crippen molar-refractivity contribution in [2.24, 2.45) is 15.9 Å². The molecule has 0 spiro atoms. The molecule has 0 amide bonds. The molecule has 9 aromatic carbocycles. The van der Waals surface area contributed by atoms with Crippen LogP contribution in [-0.2, 0) is 0 Å². The van der Waals surface area contributed by atoms with Crippen molar-refractivity contribution < 1.29 is 4.42 Å². The highest BCUT2D eigenvalue weighted by molar-refractivity contribution is 6.24. The molecule has 61 heavy (non-hydrogen) atoms. The van der Waals surface area contributed by atoms with Crippen LogP contribution in [-0.4, -0.2) is 16.1 Å². The van der Waals surface area contributed by atoms with Gasteiger partial charge in [-0.2, -0.15) is 0 Å². The van der Waals surface area contributed by atoms with Gasteiger partial charge in [0, 0.05) is 38.6 Å². The Morgan fingerprint density at radius 1 is 0.492 bits per heavy atom. The van der Waals surface area contributed by atoms with Gasteiger partial charge in [-0.15, -0.1) is 0 Å². The normalized spacial score (nSPS) is 15.6. The van der Waals surface area contributed by atoms with E-state index in [1.54, 1.807) is 0 Å². The summed E-state index contributed by atoms with van der Waals surface area (Å²) in [6.45, 7) is 2.28. The number of aliphatic imine (C=N–C) groups is 2. The van der Waals surface area contributed by atoms with Gasteiger partial charge in [0.25, 0.3) is 0 Å². The van der Waals surface area contributed by atoms with Crippen molar-refractivity contribution in [2.75, 3.05) is 0 Å². The lowest BCUT2D eigenvalue weighted by atomic mass is 9.92. The number of rotatable bonds is 5. The number of fused-ring (bicyclic) bond motifs is 8. The monoisotopic (exact) mass is 781 g/mol. The summed E-state index contributed by atoms with van der Waals surface area (Å²) < 4.78 is 9.36. The van der Waals surface area contributed by atoms with E-state index in [1.165, 1.54) is 43.4 Å². The average molecular weight is 782 g/mol. The molecule has 288 valence electrons. The zero-order chi connectivity index (χ0) is 40.4. The van der Waals surface area contributed by atoms with Crippen LogP contribution in [0.3, 0.4) is 0 Å². The number of benzene rings is 9. The molecule has 0 saturated heterocycles. The molecule has 11 aromatic rings. The highest BCUT2D eigenvalue weighted by atomic mass is 16.3. The van der Waals surface area contributed by atoms with Crippen LogP contribution in [0.1, 0.15) is 30.0 Å². The molecule has 3 heterocycles. The molecular weight excluding hydrogens is 743 g/mol. The zero-order valence-corrected chi connectivity index (χ0v) is 33.6. The number of hydrogen-bond donors (Lipinski definition) is 0. The molecule has 12 rings (SSSR count). The van der Waals surface area contributed by atoms with Crippen LogP contribution >= 0.6 is 0 Å². The number of furan rings is 1. The van der Waals surface area contributed by atoms with Gasteiger partial charge in [-0.3, -0.25) is 0 Å². The van der Waals surface area contributed by atoms with Gasteiger partial charge >= 0.3 is 0 Å². The maximum atomic E-state index is 6.99. The SMILES string of the molecule is CC1C/C=C(\c2ccc3ccccc3c2)N=C(c2ccc(-n3c4ccccc4c4cc5ccccc5cc43)c3oc4ccccc4c23)N=C1c1ccc(-c2ccccc2)cc1. The van der Waals surface area contributed by atoms with E-state index in [0.717, 1.165) is 73.2 Å². The number of allylic oxidation sites excluding steroid dienone is 1. The molecule has 4 heteroatoms. The Kier molecular flexibility index (Phi) is 8.17. The van der Waals surface area contributed by atoms with Crippen LogP contribution in [0.2, 0.25) is 0 Å². The van der Waals surface area contributed by atoms with Crippen LogP contribution in [0, 0.1) is 5.92 Å². The van der Waals surface area contributed by atoms with Gasteiger partial charge in [-0.25, -0.2) is 9.98 Å². The van der Waals surface area contributed by atoms with Gasteiger partial charge in [-0.05, 0) is 87.1 Å². The number of amidine groups is 1. The fourth-order valence-electron chi connectivity index (χ4n) is 9.37. The lowest BCUT2D eigenvalue weighted by molar-refractivity contribution is 0.666. The predicted molar refractivity (Wildman–Crippen MR) is 256 cm³/mol. The molecule has 0 bridgehead atoms. The average Bonchev–Trinajstić information content (AvgIpc) is 3.86. The van der Waals surface area contributed by atoms with Crippen LogP contribution in [0.4, 0.5) is 0 Å². The van der Waals surface area contributed by atoms with E-state index in [-0.39, 0.29) is 5.92 Å². The summed E-state index contributed by atoms with van der Waals surface area (Å²) in [5, 5.41) is 9.23. The van der Waals surface area contributed by atoms with Crippen LogP contribution in [0.25, 0.3) is 87.8 Å². The number of aromatic nitrogens is 1. The van der Waals surface area contributed by atoms with Crippen molar-refractivity contribution in [1.82, 2.24) is 4.57 Å². The van der Waals surface area contributed by atoms with E-state index in [4.69, 9.17) is 14.4 Å². The molecule has 1 unspecified atom stereocenters. The first kappa shape index (κ1) is 35.2. The van der Waals surface area contributed by atoms with Gasteiger partial charge in [-0.1, -0.05) is 165 Å². The Labute approximate surface area is 353 Å². The molecule has 1 aliphatic heterocycles. The van der Waals surface area contributed by atoms with Crippen LogP contribution < -0.4 is 0 Å².